The molecule has 0 saturated carbocycles. The first-order valence-corrected chi connectivity index (χ1v) is 8.40. The summed E-state index contributed by atoms with van der Waals surface area (Å²) in [7, 11) is 1.38. The van der Waals surface area contributed by atoms with Crippen LogP contribution >= 0.6 is 12.4 Å². The summed E-state index contributed by atoms with van der Waals surface area (Å²) in [5.74, 6) is -0.257. The minimum absolute atomic E-state index is 0. The number of nitrogens with two attached hydrogens (primary N) is 1. The van der Waals surface area contributed by atoms with Crippen molar-refractivity contribution >= 4 is 24.2 Å². The van der Waals surface area contributed by atoms with E-state index >= 15 is 0 Å². The van der Waals surface area contributed by atoms with Crippen LogP contribution in [0.15, 0.2) is 59.5 Å². The maximum absolute atomic E-state index is 12.3. The van der Waals surface area contributed by atoms with Crippen LogP contribution in [-0.4, -0.2) is 28.5 Å². The molecule has 1 heterocycles. The molecular weight excluding hydrogens is 380 g/mol. The molecule has 0 bridgehead atoms. The lowest BCUT2D eigenvalue weighted by molar-refractivity contribution is -0.140. The summed E-state index contributed by atoms with van der Waals surface area (Å²) in [4.78, 5) is 26.4. The Labute approximate surface area is 168 Å². The minimum atomic E-state index is -0.254. The van der Waals surface area contributed by atoms with Crippen LogP contribution in [0.4, 0.5) is 0 Å². The highest BCUT2D eigenvalue weighted by atomic mass is 35.5. The molecule has 0 aliphatic heterocycles. The van der Waals surface area contributed by atoms with Crippen LogP contribution in [0.3, 0.4) is 0 Å². The number of aromatic nitrogens is 2. The highest BCUT2D eigenvalue weighted by Gasteiger charge is 2.08. The summed E-state index contributed by atoms with van der Waals surface area (Å²) in [6.07, 6.45) is 2.67. The van der Waals surface area contributed by atoms with Gasteiger partial charge in [-0.1, -0.05) is 24.3 Å². The first-order valence-electron chi connectivity index (χ1n) is 8.40. The monoisotopic (exact) mass is 400 g/mol. The molecule has 7 nitrogen and oxygen atoms in total. The number of aromatic amines is 1. The van der Waals surface area contributed by atoms with E-state index in [9.17, 15) is 9.59 Å². The van der Waals surface area contributed by atoms with Crippen LogP contribution in [0.5, 0.6) is 0 Å². The number of nitrogens with zero attached hydrogens (tertiary/aromatic N) is 1. The average Bonchev–Trinajstić information content (AvgIpc) is 3.08. The number of rotatable bonds is 6. The summed E-state index contributed by atoms with van der Waals surface area (Å²) in [5, 5.41) is 7.43. The number of halogens is 1. The fraction of sp³-hybridized carbons (Fsp3) is 0.150. The zero-order valence-electron chi connectivity index (χ0n) is 15.3. The highest BCUT2D eigenvalue weighted by molar-refractivity contribution is 5.95. The van der Waals surface area contributed by atoms with Gasteiger partial charge in [0.1, 0.15) is 5.84 Å². The lowest BCUT2D eigenvalue weighted by Gasteiger charge is -2.03. The van der Waals surface area contributed by atoms with E-state index in [1.165, 1.54) is 11.7 Å². The molecule has 0 fully saturated rings. The molecule has 3 rings (SSSR count). The van der Waals surface area contributed by atoms with Crippen LogP contribution in [0, 0.1) is 5.41 Å². The molecule has 1 aromatic heterocycles. The number of hydrogen-bond donors (Lipinski definition) is 3. The molecule has 0 unspecified atom stereocenters. The zero-order chi connectivity index (χ0) is 19.4. The van der Waals surface area contributed by atoms with E-state index in [2.05, 4.69) is 9.72 Å². The fourth-order valence-corrected chi connectivity index (χ4v) is 2.73. The number of amidine groups is 1. The number of hydrogen-bond acceptors (Lipinski definition) is 4. The Kier molecular flexibility index (Phi) is 6.79. The molecule has 0 aliphatic rings. The first kappa shape index (κ1) is 21.0. The number of benzene rings is 2. The summed E-state index contributed by atoms with van der Waals surface area (Å²) in [5.41, 5.74) is 9.06. The van der Waals surface area contributed by atoms with E-state index in [4.69, 9.17) is 11.1 Å². The van der Waals surface area contributed by atoms with Crippen LogP contribution in [0.2, 0.25) is 0 Å². The number of imidazole rings is 1. The average molecular weight is 401 g/mol. The predicted octanol–water partition coefficient (Wildman–Crippen LogP) is 2.64. The van der Waals surface area contributed by atoms with E-state index in [1.807, 2.05) is 24.3 Å². The van der Waals surface area contributed by atoms with Gasteiger partial charge in [0.2, 0.25) is 0 Å². The fourth-order valence-electron chi connectivity index (χ4n) is 2.73. The number of H-pyrrole nitrogens is 1. The molecule has 2 aromatic carbocycles. The topological polar surface area (TPSA) is 114 Å². The van der Waals surface area contributed by atoms with Crippen molar-refractivity contribution in [2.45, 2.75) is 12.8 Å². The van der Waals surface area contributed by atoms with Crippen molar-refractivity contribution in [1.82, 2.24) is 9.55 Å². The maximum atomic E-state index is 12.3. The summed E-state index contributed by atoms with van der Waals surface area (Å²) in [6.45, 7) is 0. The molecule has 28 heavy (non-hydrogen) atoms. The molecule has 0 amide bonds. The second-order valence-corrected chi connectivity index (χ2v) is 6.08. The van der Waals surface area contributed by atoms with Gasteiger partial charge in [-0.15, -0.1) is 12.4 Å². The van der Waals surface area contributed by atoms with Crippen LogP contribution in [0.25, 0.3) is 16.9 Å². The van der Waals surface area contributed by atoms with Gasteiger partial charge < -0.3 is 15.5 Å². The van der Waals surface area contributed by atoms with Crippen molar-refractivity contribution < 1.29 is 9.53 Å². The van der Waals surface area contributed by atoms with E-state index in [0.717, 1.165) is 11.1 Å². The van der Waals surface area contributed by atoms with Crippen molar-refractivity contribution in [2.24, 2.45) is 5.73 Å². The lowest BCUT2D eigenvalue weighted by atomic mass is 10.1. The third kappa shape index (κ3) is 4.69. The van der Waals surface area contributed by atoms with Gasteiger partial charge in [0.15, 0.2) is 0 Å². The number of nitrogen functional groups attached to an aromatic ring is 1. The molecule has 0 spiro atoms. The number of ether oxygens (including phenoxy) is 1. The number of carbonyl (C=O) groups excluding carboxylic acids is 1. The second kappa shape index (κ2) is 9.05. The normalized spacial score (nSPS) is 10.2. The Morgan fingerprint density at radius 3 is 2.36 bits per heavy atom. The number of aryl methyl sites for hydroxylation is 1. The largest absolute Gasteiger partial charge is 0.469 e. The number of methoxy groups -OCH3 is 1. The van der Waals surface area contributed by atoms with Gasteiger partial charge in [0.25, 0.3) is 0 Å². The Morgan fingerprint density at radius 2 is 1.79 bits per heavy atom. The number of carbonyl (C=O) groups is 1. The van der Waals surface area contributed by atoms with Gasteiger partial charge in [-0.2, -0.15) is 0 Å². The van der Waals surface area contributed by atoms with E-state index in [1.54, 1.807) is 30.5 Å². The van der Waals surface area contributed by atoms with Gasteiger partial charge in [-0.05, 0) is 41.8 Å². The maximum Gasteiger partial charge on any atom is 0.330 e. The van der Waals surface area contributed by atoms with Crippen molar-refractivity contribution in [3.05, 3.63) is 76.3 Å². The number of esters is 1. The Morgan fingerprint density at radius 1 is 1.14 bits per heavy atom. The quantitative estimate of drug-likeness (QED) is 0.335. The molecule has 3 aromatic rings. The summed E-state index contributed by atoms with van der Waals surface area (Å²) in [6, 6.07) is 14.5. The molecule has 0 radical (unpaired) electrons. The molecule has 8 heteroatoms. The minimum Gasteiger partial charge on any atom is -0.469 e. The summed E-state index contributed by atoms with van der Waals surface area (Å²) < 4.78 is 6.15. The van der Waals surface area contributed by atoms with Crippen molar-refractivity contribution in [3.63, 3.8) is 0 Å². The highest BCUT2D eigenvalue weighted by Crippen LogP contribution is 2.19. The molecule has 0 atom stereocenters. The predicted molar refractivity (Wildman–Crippen MR) is 110 cm³/mol. The van der Waals surface area contributed by atoms with Gasteiger partial charge in [0.05, 0.1) is 18.5 Å². The standard InChI is InChI=1S/C20H20N4O3.ClH/c1-27-18(25)11-4-13-2-5-14(6-3-13)17-12-24(20(26)23-17)16-9-7-15(8-10-16)19(21)22;/h2-3,5-10,12H,4,11H2,1H3,(H3,21,22)(H,23,26);1H. The van der Waals surface area contributed by atoms with Gasteiger partial charge in [0, 0.05) is 18.2 Å². The van der Waals surface area contributed by atoms with E-state index in [0.29, 0.717) is 29.8 Å². The third-order valence-corrected chi connectivity index (χ3v) is 4.29. The van der Waals surface area contributed by atoms with Gasteiger partial charge in [-0.3, -0.25) is 14.8 Å². The molecule has 0 aliphatic carbocycles. The number of nitrogens with one attached hydrogen (secondary N) is 2. The van der Waals surface area contributed by atoms with Crippen LogP contribution in [0.1, 0.15) is 17.5 Å². The molecule has 146 valence electrons. The van der Waals surface area contributed by atoms with Crippen LogP contribution < -0.4 is 11.4 Å². The first-order chi connectivity index (χ1) is 13.0. The lowest BCUT2D eigenvalue weighted by Crippen LogP contribution is -2.15. The smallest absolute Gasteiger partial charge is 0.330 e. The summed E-state index contributed by atoms with van der Waals surface area (Å²) >= 11 is 0. The van der Waals surface area contributed by atoms with Crippen LogP contribution in [-0.2, 0) is 16.0 Å². The second-order valence-electron chi connectivity index (χ2n) is 6.08. The Bertz CT molecular complexity index is 1020. The van der Waals surface area contributed by atoms with Gasteiger partial charge >= 0.3 is 11.7 Å². The van der Waals surface area contributed by atoms with E-state index < -0.39 is 0 Å². The van der Waals surface area contributed by atoms with Crippen molar-refractivity contribution in [3.8, 4) is 16.9 Å². The zero-order valence-corrected chi connectivity index (χ0v) is 16.1. The Hall–Kier alpha value is -3.32. The van der Waals surface area contributed by atoms with Crippen molar-refractivity contribution in [1.29, 1.82) is 5.41 Å². The Balaban J connectivity index is 0.00000280. The van der Waals surface area contributed by atoms with Gasteiger partial charge in [-0.25, -0.2) is 4.79 Å². The third-order valence-electron chi connectivity index (χ3n) is 4.29. The SMILES string of the molecule is COC(=O)CCc1ccc(-c2cn(-c3ccc(C(=N)N)cc3)c(=O)[nH]2)cc1.Cl. The molecular formula is C20H21ClN4O3. The van der Waals surface area contributed by atoms with Crippen molar-refractivity contribution in [2.75, 3.05) is 7.11 Å². The molecule has 0 saturated heterocycles. The molecule has 4 N–H and O–H groups in total. The van der Waals surface area contributed by atoms with E-state index in [-0.39, 0.29) is 29.9 Å².